The lowest BCUT2D eigenvalue weighted by Gasteiger charge is -2.26. The summed E-state index contributed by atoms with van der Waals surface area (Å²) in [5, 5.41) is 0. The molecule has 0 unspecified atom stereocenters. The zero-order valence-corrected chi connectivity index (χ0v) is 18.3. The molecule has 3 N–H and O–H groups in total. The smallest absolute Gasteiger partial charge is 0.330 e. The SMILES string of the molecule is COCCN(CCCS(=O)(=O)N(C)C)c1c(N)n(Cc2ccccc2)c(=O)[nH]c1=O. The first-order valence-corrected chi connectivity index (χ1v) is 11.1. The molecule has 0 atom stereocenters. The minimum atomic E-state index is -3.37. The average Bonchev–Trinajstić information content (AvgIpc) is 2.69. The van der Waals surface area contributed by atoms with Crippen LogP contribution in [-0.2, 0) is 21.3 Å². The monoisotopic (exact) mass is 439 g/mol. The summed E-state index contributed by atoms with van der Waals surface area (Å²) in [6, 6.07) is 9.26. The largest absolute Gasteiger partial charge is 0.383 e. The molecule has 0 saturated carbocycles. The van der Waals surface area contributed by atoms with Crippen LogP contribution < -0.4 is 21.9 Å². The first-order valence-electron chi connectivity index (χ1n) is 9.48. The van der Waals surface area contributed by atoms with Crippen molar-refractivity contribution < 1.29 is 13.2 Å². The van der Waals surface area contributed by atoms with Gasteiger partial charge in [-0.25, -0.2) is 17.5 Å². The number of ether oxygens (including phenoxy) is 1. The number of aromatic nitrogens is 2. The highest BCUT2D eigenvalue weighted by Gasteiger charge is 2.20. The quantitative estimate of drug-likeness (QED) is 0.500. The van der Waals surface area contributed by atoms with Gasteiger partial charge in [-0.2, -0.15) is 0 Å². The topological polar surface area (TPSA) is 131 Å². The predicted octanol–water partition coefficient (Wildman–Crippen LogP) is -0.0986. The maximum absolute atomic E-state index is 12.6. The number of hydrogen-bond donors (Lipinski definition) is 2. The van der Waals surface area contributed by atoms with E-state index in [0.717, 1.165) is 9.87 Å². The summed E-state index contributed by atoms with van der Waals surface area (Å²) in [5.41, 5.74) is 6.00. The van der Waals surface area contributed by atoms with Gasteiger partial charge >= 0.3 is 5.69 Å². The highest BCUT2D eigenvalue weighted by Crippen LogP contribution is 2.18. The lowest BCUT2D eigenvalue weighted by Crippen LogP contribution is -2.40. The lowest BCUT2D eigenvalue weighted by molar-refractivity contribution is 0.205. The van der Waals surface area contributed by atoms with E-state index in [4.69, 9.17) is 10.5 Å². The molecule has 11 heteroatoms. The Morgan fingerprint density at radius 2 is 1.80 bits per heavy atom. The molecule has 0 amide bonds. The summed E-state index contributed by atoms with van der Waals surface area (Å²) in [7, 11) is 1.10. The Morgan fingerprint density at radius 3 is 2.40 bits per heavy atom. The molecule has 30 heavy (non-hydrogen) atoms. The van der Waals surface area contributed by atoms with Crippen molar-refractivity contribution in [3.8, 4) is 0 Å². The summed E-state index contributed by atoms with van der Waals surface area (Å²) in [6.07, 6.45) is 0.279. The number of methoxy groups -OCH3 is 1. The molecule has 0 saturated heterocycles. The number of hydrogen-bond acceptors (Lipinski definition) is 7. The molecule has 0 spiro atoms. The minimum absolute atomic E-state index is 0.0270. The third kappa shape index (κ3) is 5.94. The van der Waals surface area contributed by atoms with Crippen LogP contribution in [0.2, 0.25) is 0 Å². The van der Waals surface area contributed by atoms with Gasteiger partial charge in [0, 0.05) is 34.3 Å². The number of nitrogens with zero attached hydrogens (tertiary/aromatic N) is 3. The first-order chi connectivity index (χ1) is 14.2. The van der Waals surface area contributed by atoms with Crippen LogP contribution >= 0.6 is 0 Å². The third-order valence-electron chi connectivity index (χ3n) is 4.67. The van der Waals surface area contributed by atoms with Crippen molar-refractivity contribution in [2.75, 3.05) is 57.3 Å². The van der Waals surface area contributed by atoms with Crippen molar-refractivity contribution in [2.24, 2.45) is 0 Å². The summed E-state index contributed by atoms with van der Waals surface area (Å²) in [6.45, 7) is 1.07. The van der Waals surface area contributed by atoms with Crippen LogP contribution in [0.3, 0.4) is 0 Å². The van der Waals surface area contributed by atoms with E-state index in [0.29, 0.717) is 13.2 Å². The second-order valence-electron chi connectivity index (χ2n) is 7.00. The van der Waals surface area contributed by atoms with Crippen molar-refractivity contribution in [3.63, 3.8) is 0 Å². The van der Waals surface area contributed by atoms with Crippen LogP contribution in [0.15, 0.2) is 39.9 Å². The average molecular weight is 440 g/mol. The fourth-order valence-electron chi connectivity index (χ4n) is 2.96. The standard InChI is InChI=1S/C19H29N5O5S/c1-22(2)30(27,28)13-7-10-23(11-12-29-3)16-17(20)24(19(26)21-18(16)25)14-15-8-5-4-6-9-15/h4-6,8-9H,7,10-14,20H2,1-3H3,(H,21,25,26). The van der Waals surface area contributed by atoms with Gasteiger partial charge in [0.25, 0.3) is 5.56 Å². The lowest BCUT2D eigenvalue weighted by atomic mass is 10.2. The zero-order chi connectivity index (χ0) is 22.3. The number of benzene rings is 1. The second kappa shape index (κ2) is 10.4. The van der Waals surface area contributed by atoms with E-state index >= 15 is 0 Å². The fraction of sp³-hybridized carbons (Fsp3) is 0.474. The molecule has 0 radical (unpaired) electrons. The number of sulfonamides is 1. The van der Waals surface area contributed by atoms with E-state index in [9.17, 15) is 18.0 Å². The molecule has 0 fully saturated rings. The third-order valence-corrected chi connectivity index (χ3v) is 6.58. The molecule has 0 aliphatic heterocycles. The van der Waals surface area contributed by atoms with E-state index < -0.39 is 21.3 Å². The second-order valence-corrected chi connectivity index (χ2v) is 9.30. The van der Waals surface area contributed by atoms with Gasteiger partial charge in [0.1, 0.15) is 11.5 Å². The minimum Gasteiger partial charge on any atom is -0.383 e. The maximum Gasteiger partial charge on any atom is 0.330 e. The fourth-order valence-corrected chi connectivity index (χ4v) is 3.82. The Hall–Kier alpha value is -2.63. The number of rotatable bonds is 11. The molecule has 10 nitrogen and oxygen atoms in total. The van der Waals surface area contributed by atoms with E-state index in [1.807, 2.05) is 30.3 Å². The van der Waals surface area contributed by atoms with E-state index in [-0.39, 0.29) is 36.8 Å². The zero-order valence-electron chi connectivity index (χ0n) is 17.5. The van der Waals surface area contributed by atoms with Crippen LogP contribution in [0.5, 0.6) is 0 Å². The van der Waals surface area contributed by atoms with Gasteiger partial charge in [-0.1, -0.05) is 30.3 Å². The Kier molecular flexibility index (Phi) is 8.21. The molecule has 166 valence electrons. The van der Waals surface area contributed by atoms with Crippen molar-refractivity contribution in [1.29, 1.82) is 0 Å². The number of anilines is 2. The van der Waals surface area contributed by atoms with Crippen LogP contribution in [0.4, 0.5) is 11.5 Å². The van der Waals surface area contributed by atoms with Crippen molar-refractivity contribution in [3.05, 3.63) is 56.7 Å². The maximum atomic E-state index is 12.6. The Labute approximate surface area is 175 Å². The van der Waals surface area contributed by atoms with Crippen LogP contribution in [0.1, 0.15) is 12.0 Å². The first kappa shape index (κ1) is 23.6. The van der Waals surface area contributed by atoms with Gasteiger partial charge in [0.2, 0.25) is 10.0 Å². The summed E-state index contributed by atoms with van der Waals surface area (Å²) in [4.78, 5) is 28.9. The number of nitrogens with one attached hydrogen (secondary N) is 1. The number of aromatic amines is 1. The van der Waals surface area contributed by atoms with E-state index in [2.05, 4.69) is 4.98 Å². The highest BCUT2D eigenvalue weighted by molar-refractivity contribution is 7.89. The normalized spacial score (nSPS) is 11.7. The van der Waals surface area contributed by atoms with Gasteiger partial charge < -0.3 is 15.4 Å². The van der Waals surface area contributed by atoms with Gasteiger partial charge in [-0.15, -0.1) is 0 Å². The summed E-state index contributed by atoms with van der Waals surface area (Å²) < 4.78 is 31.7. The molecule has 2 rings (SSSR count). The Balaban J connectivity index is 2.36. The van der Waals surface area contributed by atoms with E-state index in [1.54, 1.807) is 4.90 Å². The van der Waals surface area contributed by atoms with E-state index in [1.165, 1.54) is 25.8 Å². The number of nitrogens with two attached hydrogens (primary N) is 1. The van der Waals surface area contributed by atoms with Crippen molar-refractivity contribution in [2.45, 2.75) is 13.0 Å². The van der Waals surface area contributed by atoms with Crippen LogP contribution in [-0.4, -0.2) is 68.9 Å². The van der Waals surface area contributed by atoms with Gasteiger partial charge in [0.05, 0.1) is 18.9 Å². The van der Waals surface area contributed by atoms with Crippen LogP contribution in [0.25, 0.3) is 0 Å². The number of nitrogen functional groups attached to an aromatic ring is 1. The Bertz CT molecular complexity index is 1050. The molecule has 1 heterocycles. The highest BCUT2D eigenvalue weighted by atomic mass is 32.2. The summed E-state index contributed by atoms with van der Waals surface area (Å²) in [5.74, 6) is -0.0514. The van der Waals surface area contributed by atoms with Crippen molar-refractivity contribution >= 4 is 21.5 Å². The summed E-state index contributed by atoms with van der Waals surface area (Å²) >= 11 is 0. The number of H-pyrrole nitrogens is 1. The van der Waals surface area contributed by atoms with Crippen molar-refractivity contribution in [1.82, 2.24) is 13.9 Å². The molecule has 0 bridgehead atoms. The molecular weight excluding hydrogens is 410 g/mol. The predicted molar refractivity (Wildman–Crippen MR) is 117 cm³/mol. The van der Waals surface area contributed by atoms with Crippen LogP contribution in [0, 0.1) is 0 Å². The Morgan fingerprint density at radius 1 is 1.13 bits per heavy atom. The van der Waals surface area contributed by atoms with Gasteiger partial charge in [-0.3, -0.25) is 14.3 Å². The molecule has 0 aliphatic carbocycles. The molecule has 1 aromatic carbocycles. The van der Waals surface area contributed by atoms with Gasteiger partial charge in [-0.05, 0) is 12.0 Å². The molecular formula is C19H29N5O5S. The molecule has 1 aromatic heterocycles. The molecule has 0 aliphatic rings. The molecule has 2 aromatic rings. The van der Waals surface area contributed by atoms with Gasteiger partial charge in [0.15, 0.2) is 0 Å².